The third-order valence-corrected chi connectivity index (χ3v) is 6.72. The predicted octanol–water partition coefficient (Wildman–Crippen LogP) is 6.72. The topological polar surface area (TPSA) is 52.2 Å². The van der Waals surface area contributed by atoms with Crippen molar-refractivity contribution < 1.29 is 0 Å². The van der Waals surface area contributed by atoms with Gasteiger partial charge in [-0.25, -0.2) is 4.98 Å². The molecule has 0 aliphatic rings. The number of aryl methyl sites for hydroxylation is 1. The van der Waals surface area contributed by atoms with Gasteiger partial charge in [-0.05, 0) is 62.7 Å². The van der Waals surface area contributed by atoms with Gasteiger partial charge < -0.3 is 4.57 Å². The maximum absolute atomic E-state index is 13.3. The molecule has 0 amide bonds. The molecule has 0 fully saturated rings. The van der Waals surface area contributed by atoms with Gasteiger partial charge in [0.05, 0.1) is 17.1 Å². The van der Waals surface area contributed by atoms with Gasteiger partial charge >= 0.3 is 0 Å². The molecule has 0 saturated carbocycles. The third-order valence-electron chi connectivity index (χ3n) is 5.74. The van der Waals surface area contributed by atoms with Crippen molar-refractivity contribution >= 4 is 49.0 Å². The van der Waals surface area contributed by atoms with E-state index < -0.39 is 0 Å². The lowest BCUT2D eigenvalue weighted by molar-refractivity contribution is 0.613. The minimum absolute atomic E-state index is 0.0991. The lowest BCUT2D eigenvalue weighted by Crippen LogP contribution is -2.23. The van der Waals surface area contributed by atoms with Crippen LogP contribution in [0.25, 0.3) is 16.6 Å². The van der Waals surface area contributed by atoms with E-state index in [0.717, 1.165) is 38.0 Å². The first-order chi connectivity index (χ1) is 15.3. The second-order valence-electron chi connectivity index (χ2n) is 7.94. The number of rotatable bonds is 5. The molecule has 0 aliphatic heterocycles. The van der Waals surface area contributed by atoms with Gasteiger partial charge in [0.2, 0.25) is 0 Å². The van der Waals surface area contributed by atoms with E-state index in [-0.39, 0.29) is 11.5 Å². The second kappa shape index (κ2) is 9.16. The van der Waals surface area contributed by atoms with E-state index in [1.54, 1.807) is 12.3 Å². The van der Waals surface area contributed by atoms with Crippen molar-refractivity contribution in [1.82, 2.24) is 14.2 Å². The summed E-state index contributed by atoms with van der Waals surface area (Å²) >= 11 is 7.00. The van der Waals surface area contributed by atoms with Gasteiger partial charge in [0, 0.05) is 37.5 Å². The highest BCUT2D eigenvalue weighted by Gasteiger charge is 2.16. The summed E-state index contributed by atoms with van der Waals surface area (Å²) in [6.07, 6.45) is 2.62. The van der Waals surface area contributed by atoms with Crippen molar-refractivity contribution in [3.05, 3.63) is 90.6 Å². The summed E-state index contributed by atoms with van der Waals surface area (Å²) in [4.78, 5) is 18.1. The minimum atomic E-state index is -0.163. The summed E-state index contributed by atoms with van der Waals surface area (Å²) in [5.74, 6) is 0.770. The maximum Gasteiger partial charge on any atom is 0.282 e. The van der Waals surface area contributed by atoms with Crippen molar-refractivity contribution in [1.29, 1.82) is 0 Å². The molecule has 0 bridgehead atoms. The predicted molar refractivity (Wildman–Crippen MR) is 138 cm³/mol. The Balaban J connectivity index is 1.85. The maximum atomic E-state index is 13.3. The molecule has 32 heavy (non-hydrogen) atoms. The molecule has 0 spiro atoms. The van der Waals surface area contributed by atoms with Crippen LogP contribution < -0.4 is 5.56 Å². The van der Waals surface area contributed by atoms with Crippen LogP contribution >= 0.6 is 31.9 Å². The first-order valence-electron chi connectivity index (χ1n) is 10.5. The average molecular weight is 556 g/mol. The van der Waals surface area contributed by atoms with Gasteiger partial charge in [-0.3, -0.25) is 4.79 Å². The Morgan fingerprint density at radius 3 is 2.56 bits per heavy atom. The molecule has 7 heteroatoms. The summed E-state index contributed by atoms with van der Waals surface area (Å²) in [5, 5.41) is 5.17. The number of aromatic nitrogens is 3. The molecule has 0 saturated heterocycles. The Morgan fingerprint density at radius 2 is 1.84 bits per heavy atom. The van der Waals surface area contributed by atoms with Crippen LogP contribution in [0.15, 0.2) is 67.4 Å². The average Bonchev–Trinajstić information content (AvgIpc) is 3.05. The first-order valence-corrected chi connectivity index (χ1v) is 12.1. The molecule has 4 rings (SSSR count). The van der Waals surface area contributed by atoms with E-state index in [2.05, 4.69) is 87.4 Å². The number of nitrogens with zero attached hydrogens (tertiary/aromatic N) is 4. The summed E-state index contributed by atoms with van der Waals surface area (Å²) in [6, 6.07) is 15.8. The normalized spacial score (nSPS) is 12.7. The molecular formula is C25H24Br2N4O. The zero-order valence-corrected chi connectivity index (χ0v) is 21.6. The Hall–Kier alpha value is -2.51. The van der Waals surface area contributed by atoms with E-state index >= 15 is 0 Å². The van der Waals surface area contributed by atoms with Crippen molar-refractivity contribution in [2.24, 2.45) is 5.10 Å². The summed E-state index contributed by atoms with van der Waals surface area (Å²) in [7, 11) is 0. The molecule has 0 unspecified atom stereocenters. The largest absolute Gasteiger partial charge is 0.318 e. The quantitative estimate of drug-likeness (QED) is 0.256. The molecule has 2 aromatic heterocycles. The van der Waals surface area contributed by atoms with Crippen molar-refractivity contribution in [3.8, 4) is 5.69 Å². The smallest absolute Gasteiger partial charge is 0.282 e. The fourth-order valence-electron chi connectivity index (χ4n) is 3.83. The van der Waals surface area contributed by atoms with Gasteiger partial charge in [-0.2, -0.15) is 9.78 Å². The lowest BCUT2D eigenvalue weighted by atomic mass is 10.1. The van der Waals surface area contributed by atoms with Crippen LogP contribution in [-0.2, 0) is 0 Å². The van der Waals surface area contributed by atoms with Crippen molar-refractivity contribution in [2.75, 3.05) is 0 Å². The molecule has 0 N–H and O–H groups in total. The van der Waals surface area contributed by atoms with E-state index in [1.807, 2.05) is 24.3 Å². The van der Waals surface area contributed by atoms with E-state index in [0.29, 0.717) is 16.7 Å². The van der Waals surface area contributed by atoms with Crippen LogP contribution in [0.2, 0.25) is 0 Å². The fourth-order valence-corrected chi connectivity index (χ4v) is 4.58. The van der Waals surface area contributed by atoms with Gasteiger partial charge in [-0.15, -0.1) is 0 Å². The number of fused-ring (bicyclic) bond motifs is 1. The zero-order valence-electron chi connectivity index (χ0n) is 18.4. The number of hydrogen-bond donors (Lipinski definition) is 0. The highest BCUT2D eigenvalue weighted by Crippen LogP contribution is 2.23. The Bertz CT molecular complexity index is 1400. The van der Waals surface area contributed by atoms with Crippen LogP contribution in [0.3, 0.4) is 0 Å². The van der Waals surface area contributed by atoms with Crippen LogP contribution in [0.1, 0.15) is 49.0 Å². The van der Waals surface area contributed by atoms with Crippen LogP contribution in [0, 0.1) is 13.8 Å². The molecule has 164 valence electrons. The summed E-state index contributed by atoms with van der Waals surface area (Å²) < 4.78 is 5.50. The van der Waals surface area contributed by atoms with Crippen molar-refractivity contribution in [2.45, 2.75) is 40.0 Å². The molecule has 2 aromatic carbocycles. The monoisotopic (exact) mass is 554 g/mol. The first kappa shape index (κ1) is 22.7. The molecule has 4 aromatic rings. The molecular weight excluding hydrogens is 532 g/mol. The van der Waals surface area contributed by atoms with Crippen molar-refractivity contribution in [3.63, 3.8) is 0 Å². The zero-order chi connectivity index (χ0) is 23.0. The Labute approximate surface area is 204 Å². The van der Waals surface area contributed by atoms with Crippen LogP contribution in [-0.4, -0.2) is 20.4 Å². The molecule has 5 nitrogen and oxygen atoms in total. The van der Waals surface area contributed by atoms with Gasteiger partial charge in [0.1, 0.15) is 5.82 Å². The highest BCUT2D eigenvalue weighted by molar-refractivity contribution is 9.10. The molecule has 0 radical (unpaired) electrons. The minimum Gasteiger partial charge on any atom is -0.318 e. The molecule has 0 aliphatic carbocycles. The van der Waals surface area contributed by atoms with E-state index in [1.165, 1.54) is 4.68 Å². The van der Waals surface area contributed by atoms with Gasteiger partial charge in [0.15, 0.2) is 0 Å². The highest BCUT2D eigenvalue weighted by atomic mass is 79.9. The standard InChI is InChI=1S/C25H24Br2N4O/c1-5-15(2)24-29-23-10-9-20(27)13-22(23)25(32)31(24)28-14-18-11-16(3)30(17(18)4)21-8-6-7-19(26)12-21/h6-15H,5H2,1-4H3/t15-/m1/s1. The third kappa shape index (κ3) is 4.24. The van der Waals surface area contributed by atoms with E-state index in [9.17, 15) is 4.79 Å². The van der Waals surface area contributed by atoms with Crippen LogP contribution in [0.4, 0.5) is 0 Å². The second-order valence-corrected chi connectivity index (χ2v) is 9.78. The van der Waals surface area contributed by atoms with E-state index in [4.69, 9.17) is 4.98 Å². The van der Waals surface area contributed by atoms with Crippen LogP contribution in [0.5, 0.6) is 0 Å². The van der Waals surface area contributed by atoms with Gasteiger partial charge in [0.25, 0.3) is 5.56 Å². The number of hydrogen-bond acceptors (Lipinski definition) is 3. The Kier molecular flexibility index (Phi) is 6.49. The SMILES string of the molecule is CC[C@@H](C)c1nc2ccc(Br)cc2c(=O)n1N=Cc1cc(C)n(-c2cccc(Br)c2)c1C. The lowest BCUT2D eigenvalue weighted by Gasteiger charge is -2.14. The Morgan fingerprint density at radius 1 is 1.09 bits per heavy atom. The summed E-state index contributed by atoms with van der Waals surface area (Å²) in [6.45, 7) is 8.28. The number of halogens is 2. The molecule has 2 heterocycles. The van der Waals surface area contributed by atoms with Gasteiger partial charge in [-0.1, -0.05) is 51.8 Å². The summed E-state index contributed by atoms with van der Waals surface area (Å²) in [5.41, 5.74) is 4.70. The number of benzene rings is 2. The molecule has 1 atom stereocenters. The fraction of sp³-hybridized carbons (Fsp3) is 0.240.